The topological polar surface area (TPSA) is 75.7 Å². The lowest BCUT2D eigenvalue weighted by molar-refractivity contribution is -0.132. The number of fused-ring (bicyclic) bond motifs is 1. The Balaban J connectivity index is 1.32. The molecule has 0 spiro atoms. The molecule has 1 heterocycles. The first-order chi connectivity index (χ1) is 14.6. The Kier molecular flexibility index (Phi) is 7.60. The van der Waals surface area contributed by atoms with Crippen LogP contribution in [0.15, 0.2) is 48.5 Å². The van der Waals surface area contributed by atoms with Gasteiger partial charge in [-0.1, -0.05) is 31.2 Å². The van der Waals surface area contributed by atoms with Crippen molar-refractivity contribution in [3.05, 3.63) is 65.2 Å². The number of benzene rings is 2. The van der Waals surface area contributed by atoms with E-state index < -0.39 is 0 Å². The Bertz CT molecular complexity index is 892. The van der Waals surface area contributed by atoms with Crippen molar-refractivity contribution in [3.63, 3.8) is 0 Å². The summed E-state index contributed by atoms with van der Waals surface area (Å²) in [6, 6.07) is 15.0. The summed E-state index contributed by atoms with van der Waals surface area (Å²) in [7, 11) is 0. The van der Waals surface area contributed by atoms with Crippen molar-refractivity contribution in [1.29, 1.82) is 0 Å². The van der Waals surface area contributed by atoms with Gasteiger partial charge in [-0.3, -0.25) is 14.4 Å². The highest BCUT2D eigenvalue weighted by Gasteiger charge is 2.19. The van der Waals surface area contributed by atoms with Gasteiger partial charge >= 0.3 is 0 Å². The highest BCUT2D eigenvalue weighted by Crippen LogP contribution is 2.19. The quantitative estimate of drug-likeness (QED) is 0.511. The van der Waals surface area contributed by atoms with Crippen LogP contribution in [0.5, 0.6) is 5.75 Å². The Hall–Kier alpha value is -3.15. The highest BCUT2D eigenvalue weighted by molar-refractivity contribution is 5.95. The van der Waals surface area contributed by atoms with Gasteiger partial charge in [0.15, 0.2) is 12.4 Å². The first-order valence-corrected chi connectivity index (χ1v) is 10.4. The molecule has 0 saturated carbocycles. The third-order valence-electron chi connectivity index (χ3n) is 5.24. The zero-order valence-electron chi connectivity index (χ0n) is 17.4. The highest BCUT2D eigenvalue weighted by atomic mass is 16.5. The molecule has 2 amide bonds. The van der Waals surface area contributed by atoms with Crippen LogP contribution in [-0.2, 0) is 22.6 Å². The lowest BCUT2D eigenvalue weighted by Gasteiger charge is -2.29. The number of nitrogens with one attached hydrogen (secondary N) is 1. The molecular weight excluding hydrogens is 380 g/mol. The van der Waals surface area contributed by atoms with Gasteiger partial charge in [0.1, 0.15) is 5.75 Å². The third kappa shape index (κ3) is 5.92. The summed E-state index contributed by atoms with van der Waals surface area (Å²) in [5, 5.41) is 2.78. The summed E-state index contributed by atoms with van der Waals surface area (Å²) < 4.78 is 5.44. The average molecular weight is 408 g/mol. The van der Waals surface area contributed by atoms with Crippen LogP contribution in [0.25, 0.3) is 0 Å². The van der Waals surface area contributed by atoms with E-state index in [1.807, 2.05) is 24.0 Å². The molecule has 1 aliphatic rings. The Labute approximate surface area is 177 Å². The number of nitrogens with zero attached hydrogens (tertiary/aromatic N) is 1. The van der Waals surface area contributed by atoms with Crippen LogP contribution < -0.4 is 10.1 Å². The molecule has 0 unspecified atom stereocenters. The lowest BCUT2D eigenvalue weighted by atomic mass is 9.99. The molecule has 158 valence electrons. The molecule has 1 N–H and O–H groups in total. The smallest absolute Gasteiger partial charge is 0.257 e. The Morgan fingerprint density at radius 3 is 2.50 bits per heavy atom. The molecule has 0 aromatic heterocycles. The van der Waals surface area contributed by atoms with Crippen LogP contribution in [0.2, 0.25) is 0 Å². The average Bonchev–Trinajstić information content (AvgIpc) is 2.79. The number of carbonyl (C=O) groups excluding carboxylic acids is 3. The minimum atomic E-state index is -0.233. The van der Waals surface area contributed by atoms with Gasteiger partial charge in [0, 0.05) is 38.0 Å². The summed E-state index contributed by atoms with van der Waals surface area (Å²) in [5.74, 6) is 0.501. The summed E-state index contributed by atoms with van der Waals surface area (Å²) in [5.41, 5.74) is 3.17. The number of ketones is 1. The van der Waals surface area contributed by atoms with Crippen molar-refractivity contribution in [3.8, 4) is 5.75 Å². The standard InChI is InChI=1S/C24H28N2O4/c1-2-22(27)19-9-11-21(12-10-19)30-17-23(28)25-14-5-8-24(29)26-15-13-18-6-3-4-7-20(18)16-26/h3-4,6-7,9-12H,2,5,8,13-17H2,1H3,(H,25,28). The van der Waals surface area contributed by atoms with Gasteiger partial charge in [-0.15, -0.1) is 0 Å². The monoisotopic (exact) mass is 408 g/mol. The van der Waals surface area contributed by atoms with Crippen molar-refractivity contribution in [1.82, 2.24) is 10.2 Å². The molecular formula is C24H28N2O4. The second kappa shape index (κ2) is 10.6. The molecule has 1 aliphatic heterocycles. The van der Waals surface area contributed by atoms with Crippen LogP contribution in [0.3, 0.4) is 0 Å². The molecule has 0 fully saturated rings. The van der Waals surface area contributed by atoms with E-state index in [0.717, 1.165) is 13.0 Å². The fraction of sp³-hybridized carbons (Fsp3) is 0.375. The van der Waals surface area contributed by atoms with Crippen LogP contribution in [-0.4, -0.2) is 42.2 Å². The van der Waals surface area contributed by atoms with E-state index in [-0.39, 0.29) is 24.2 Å². The number of hydrogen-bond acceptors (Lipinski definition) is 4. The molecule has 0 radical (unpaired) electrons. The second-order valence-electron chi connectivity index (χ2n) is 7.38. The number of carbonyl (C=O) groups is 3. The van der Waals surface area contributed by atoms with Gasteiger partial charge in [-0.05, 0) is 48.2 Å². The normalized spacial score (nSPS) is 12.8. The fourth-order valence-electron chi connectivity index (χ4n) is 3.48. The van der Waals surface area contributed by atoms with E-state index in [1.165, 1.54) is 11.1 Å². The zero-order valence-corrected chi connectivity index (χ0v) is 17.4. The molecule has 0 bridgehead atoms. The molecule has 6 heteroatoms. The maximum Gasteiger partial charge on any atom is 0.257 e. The lowest BCUT2D eigenvalue weighted by Crippen LogP contribution is -2.36. The first kappa shape index (κ1) is 21.6. The molecule has 2 aromatic carbocycles. The fourth-order valence-corrected chi connectivity index (χ4v) is 3.48. The van der Waals surface area contributed by atoms with Crippen molar-refractivity contribution in [2.75, 3.05) is 19.7 Å². The second-order valence-corrected chi connectivity index (χ2v) is 7.38. The van der Waals surface area contributed by atoms with Crippen LogP contribution >= 0.6 is 0 Å². The summed E-state index contributed by atoms with van der Waals surface area (Å²) in [4.78, 5) is 37.9. The summed E-state index contributed by atoms with van der Waals surface area (Å²) in [6.07, 6.45) is 2.35. The molecule has 0 saturated heterocycles. The van der Waals surface area contributed by atoms with Gasteiger partial charge in [-0.25, -0.2) is 0 Å². The maximum atomic E-state index is 12.4. The number of ether oxygens (including phenoxy) is 1. The molecule has 0 atom stereocenters. The summed E-state index contributed by atoms with van der Waals surface area (Å²) in [6.45, 7) is 3.56. The largest absolute Gasteiger partial charge is 0.484 e. The molecule has 2 aromatic rings. The van der Waals surface area contributed by atoms with Gasteiger partial charge in [0.05, 0.1) is 0 Å². The van der Waals surface area contributed by atoms with Crippen LogP contribution in [0, 0.1) is 0 Å². The van der Waals surface area contributed by atoms with E-state index in [2.05, 4.69) is 17.4 Å². The van der Waals surface area contributed by atoms with Crippen molar-refractivity contribution in [2.24, 2.45) is 0 Å². The number of hydrogen-bond donors (Lipinski definition) is 1. The van der Waals surface area contributed by atoms with E-state index in [0.29, 0.717) is 43.7 Å². The number of rotatable bonds is 9. The van der Waals surface area contributed by atoms with E-state index in [4.69, 9.17) is 4.74 Å². The molecule has 3 rings (SSSR count). The maximum absolute atomic E-state index is 12.4. The molecule has 30 heavy (non-hydrogen) atoms. The predicted molar refractivity (Wildman–Crippen MR) is 114 cm³/mol. The minimum absolute atomic E-state index is 0.0719. The SMILES string of the molecule is CCC(=O)c1ccc(OCC(=O)NCCCC(=O)N2CCc3ccccc3C2)cc1. The van der Waals surface area contributed by atoms with Gasteiger partial charge < -0.3 is 15.0 Å². The van der Waals surface area contributed by atoms with Gasteiger partial charge in [-0.2, -0.15) is 0 Å². The van der Waals surface area contributed by atoms with E-state index in [1.54, 1.807) is 24.3 Å². The van der Waals surface area contributed by atoms with Gasteiger partial charge in [0.2, 0.25) is 5.91 Å². The minimum Gasteiger partial charge on any atom is -0.484 e. The van der Waals surface area contributed by atoms with Crippen molar-refractivity contribution in [2.45, 2.75) is 39.2 Å². The molecule has 0 aliphatic carbocycles. The zero-order chi connectivity index (χ0) is 21.3. The Morgan fingerprint density at radius 1 is 1.03 bits per heavy atom. The molecule has 6 nitrogen and oxygen atoms in total. The summed E-state index contributed by atoms with van der Waals surface area (Å²) >= 11 is 0. The Morgan fingerprint density at radius 2 is 1.77 bits per heavy atom. The van der Waals surface area contributed by atoms with Crippen molar-refractivity contribution >= 4 is 17.6 Å². The first-order valence-electron chi connectivity index (χ1n) is 10.4. The van der Waals surface area contributed by atoms with Crippen molar-refractivity contribution < 1.29 is 19.1 Å². The number of amides is 2. The van der Waals surface area contributed by atoms with Gasteiger partial charge in [0.25, 0.3) is 5.91 Å². The van der Waals surface area contributed by atoms with Crippen LogP contribution in [0.1, 0.15) is 47.7 Å². The number of Topliss-reactive ketones (excluding diaryl/α,β-unsaturated/α-hetero) is 1. The third-order valence-corrected chi connectivity index (χ3v) is 5.24. The van der Waals surface area contributed by atoms with Crippen LogP contribution in [0.4, 0.5) is 0 Å². The van der Waals surface area contributed by atoms with E-state index >= 15 is 0 Å². The predicted octanol–water partition coefficient (Wildman–Crippen LogP) is 3.14. The van der Waals surface area contributed by atoms with E-state index in [9.17, 15) is 14.4 Å².